The molecule has 9 nitrogen and oxygen atoms in total. The van der Waals surface area contributed by atoms with Crippen LogP contribution in [0.25, 0.3) is 0 Å². The van der Waals surface area contributed by atoms with E-state index in [0.29, 0.717) is 17.4 Å². The Morgan fingerprint density at radius 1 is 0.309 bits per heavy atom. The van der Waals surface area contributed by atoms with Crippen molar-refractivity contribution >= 4 is 17.9 Å². The molecule has 0 bridgehead atoms. The molecule has 0 amide bonds. The Bertz CT molecular complexity index is 2350. The Morgan fingerprint density at radius 2 is 0.557 bits per heavy atom. The highest BCUT2D eigenvalue weighted by Gasteiger charge is 2.25. The Kier molecular flexibility index (Phi) is 70.9. The number of unbranched alkanes of at least 4 members (excludes halogenated alkanes) is 19. The molecule has 544 valence electrons. The molecule has 97 heavy (non-hydrogen) atoms. The minimum atomic E-state index is -1.53. The van der Waals surface area contributed by atoms with E-state index in [1.165, 1.54) is 77.0 Å². The van der Waals surface area contributed by atoms with E-state index in [1.807, 2.05) is 21.1 Å². The number of carbonyl (C=O) groups is 3. The highest BCUT2D eigenvalue weighted by molar-refractivity contribution is 5.71. The summed E-state index contributed by atoms with van der Waals surface area (Å²) < 4.78 is 23.0. The molecule has 0 radical (unpaired) electrons. The normalized spacial score (nSPS) is 13.9. The molecule has 9 heteroatoms. The van der Waals surface area contributed by atoms with Crippen molar-refractivity contribution in [2.24, 2.45) is 0 Å². The Labute approximate surface area is 594 Å². The van der Waals surface area contributed by atoms with Gasteiger partial charge in [-0.1, -0.05) is 317 Å². The van der Waals surface area contributed by atoms with Crippen molar-refractivity contribution < 1.29 is 42.9 Å². The molecule has 0 fully saturated rings. The van der Waals surface area contributed by atoms with Crippen LogP contribution in [0.5, 0.6) is 0 Å². The summed E-state index contributed by atoms with van der Waals surface area (Å²) in [6.45, 7) is 4.61. The third-order valence-corrected chi connectivity index (χ3v) is 15.5. The van der Waals surface area contributed by atoms with Gasteiger partial charge in [0, 0.05) is 12.8 Å². The fourth-order valence-corrected chi connectivity index (χ4v) is 9.79. The first-order chi connectivity index (χ1) is 47.6. The van der Waals surface area contributed by atoms with Crippen molar-refractivity contribution in [3.05, 3.63) is 207 Å². The Morgan fingerprint density at radius 3 is 0.825 bits per heavy atom. The first-order valence-electron chi connectivity index (χ1n) is 38.2. The summed E-state index contributed by atoms with van der Waals surface area (Å²) in [7, 11) is 5.96. The molecular formula is C88H140NO8+. The number of carboxylic acids is 1. The molecule has 1 N–H and O–H groups in total. The van der Waals surface area contributed by atoms with Gasteiger partial charge in [0.1, 0.15) is 13.2 Å². The molecule has 0 saturated carbocycles. The zero-order chi connectivity index (χ0) is 70.4. The minimum Gasteiger partial charge on any atom is -0.477 e. The molecule has 0 heterocycles. The van der Waals surface area contributed by atoms with Gasteiger partial charge in [-0.3, -0.25) is 9.59 Å². The van der Waals surface area contributed by atoms with Crippen molar-refractivity contribution in [3.63, 3.8) is 0 Å². The molecule has 0 saturated heterocycles. The van der Waals surface area contributed by atoms with Crippen LogP contribution in [0.4, 0.5) is 0 Å². The molecule has 0 aliphatic carbocycles. The Balaban J connectivity index is 4.17. The van der Waals surface area contributed by atoms with Gasteiger partial charge in [0.05, 0.1) is 34.4 Å². The highest BCUT2D eigenvalue weighted by atomic mass is 16.7. The van der Waals surface area contributed by atoms with E-state index in [4.69, 9.17) is 18.9 Å². The lowest BCUT2D eigenvalue weighted by atomic mass is 10.0. The van der Waals surface area contributed by atoms with Gasteiger partial charge in [0.15, 0.2) is 6.10 Å². The summed E-state index contributed by atoms with van der Waals surface area (Å²) in [6, 6.07) is 0. The van der Waals surface area contributed by atoms with Crippen LogP contribution in [0.3, 0.4) is 0 Å². The van der Waals surface area contributed by atoms with Gasteiger partial charge >= 0.3 is 17.9 Å². The molecular weight excluding hydrogens is 1200 g/mol. The number of likely N-dealkylation sites (N-methyl/N-ethyl adjacent to an activating group) is 1. The monoisotopic (exact) mass is 1340 g/mol. The van der Waals surface area contributed by atoms with Crippen LogP contribution in [-0.4, -0.2) is 87.4 Å². The average molecular weight is 1340 g/mol. The fraction of sp³-hybridized carbons (Fsp3) is 0.580. The molecule has 0 aromatic carbocycles. The van der Waals surface area contributed by atoms with E-state index in [9.17, 15) is 19.5 Å². The van der Waals surface area contributed by atoms with E-state index in [0.717, 1.165) is 161 Å². The zero-order valence-electron chi connectivity index (χ0n) is 62.1. The van der Waals surface area contributed by atoms with Gasteiger partial charge in [0.2, 0.25) is 0 Å². The van der Waals surface area contributed by atoms with E-state index in [2.05, 4.69) is 220 Å². The number of carboxylic acid groups (broad SMARTS) is 1. The minimum absolute atomic E-state index is 0.173. The Hall–Kier alpha value is -6.13. The lowest BCUT2D eigenvalue weighted by Crippen LogP contribution is -2.40. The van der Waals surface area contributed by atoms with Crippen molar-refractivity contribution in [2.45, 2.75) is 283 Å². The highest BCUT2D eigenvalue weighted by Crippen LogP contribution is 2.16. The number of nitrogens with zero attached hydrogens (tertiary/aromatic N) is 1. The van der Waals surface area contributed by atoms with Crippen molar-refractivity contribution in [3.8, 4) is 0 Å². The van der Waals surface area contributed by atoms with Crippen LogP contribution in [0, 0.1) is 0 Å². The topological polar surface area (TPSA) is 108 Å². The third kappa shape index (κ3) is 77.1. The quantitative estimate of drug-likeness (QED) is 0.0211. The molecule has 0 rings (SSSR count). The maximum absolute atomic E-state index is 13.0. The number of hydrogen-bond donors (Lipinski definition) is 1. The third-order valence-electron chi connectivity index (χ3n) is 15.5. The van der Waals surface area contributed by atoms with Crippen LogP contribution >= 0.6 is 0 Å². The van der Waals surface area contributed by atoms with Crippen LogP contribution < -0.4 is 0 Å². The van der Waals surface area contributed by atoms with Crippen molar-refractivity contribution in [2.75, 3.05) is 47.5 Å². The number of quaternary nitrogens is 1. The van der Waals surface area contributed by atoms with Crippen molar-refractivity contribution in [1.82, 2.24) is 0 Å². The maximum atomic E-state index is 13.0. The molecule has 0 aliphatic rings. The number of aliphatic carboxylic acids is 1. The summed E-state index contributed by atoms with van der Waals surface area (Å²) >= 11 is 0. The first kappa shape index (κ1) is 90.9. The zero-order valence-corrected chi connectivity index (χ0v) is 62.1. The lowest BCUT2D eigenvalue weighted by Gasteiger charge is -2.25. The number of hydrogen-bond acceptors (Lipinski definition) is 7. The van der Waals surface area contributed by atoms with Crippen LogP contribution in [0.15, 0.2) is 207 Å². The number of allylic oxidation sites excluding steroid dienone is 34. The van der Waals surface area contributed by atoms with Gasteiger partial charge in [-0.15, -0.1) is 0 Å². The van der Waals surface area contributed by atoms with Crippen LogP contribution in [-0.2, 0) is 33.3 Å². The van der Waals surface area contributed by atoms with E-state index < -0.39 is 24.3 Å². The molecule has 0 aromatic rings. The fourth-order valence-electron chi connectivity index (χ4n) is 9.79. The summed E-state index contributed by atoms with van der Waals surface area (Å²) in [5.41, 5.74) is 0. The molecule has 0 aromatic heterocycles. The first-order valence-corrected chi connectivity index (χ1v) is 38.2. The SMILES string of the molecule is CC/C=C\C/C=C\C/C=C\C/C=C\C/C=C\C/C=C\C/C=C\C/C=C\C/C=C\CCCCCCCC(=O)OC(COC(=O)CCCCCCCCCCCCCCCC/C=C\C/C=C\C/C=C\C/C=C\C/C=C\C/C=C\C/C=C\C/C=C\CC)COC(OCC[N+](C)(C)C)C(=O)O. The lowest BCUT2D eigenvalue weighted by molar-refractivity contribution is -0.870. The summed E-state index contributed by atoms with van der Waals surface area (Å²) in [5, 5.41) is 9.77. The second-order valence-corrected chi connectivity index (χ2v) is 25.8. The van der Waals surface area contributed by atoms with Gasteiger partial charge in [0.25, 0.3) is 6.29 Å². The smallest absolute Gasteiger partial charge is 0.361 e. The van der Waals surface area contributed by atoms with E-state index in [-0.39, 0.29) is 38.6 Å². The number of rotatable bonds is 68. The second kappa shape index (κ2) is 75.6. The van der Waals surface area contributed by atoms with Crippen LogP contribution in [0.1, 0.15) is 271 Å². The number of esters is 2. The summed E-state index contributed by atoms with van der Waals surface area (Å²) in [6.07, 6.45) is 115. The second-order valence-electron chi connectivity index (χ2n) is 25.8. The number of ether oxygens (including phenoxy) is 4. The molecule has 2 atom stereocenters. The average Bonchev–Trinajstić information content (AvgIpc) is 2.59. The van der Waals surface area contributed by atoms with Gasteiger partial charge in [-0.25, -0.2) is 4.79 Å². The molecule has 0 spiro atoms. The number of carbonyl (C=O) groups excluding carboxylic acids is 2. The van der Waals surface area contributed by atoms with Crippen LogP contribution in [0.2, 0.25) is 0 Å². The maximum Gasteiger partial charge on any atom is 0.361 e. The van der Waals surface area contributed by atoms with E-state index >= 15 is 0 Å². The summed E-state index contributed by atoms with van der Waals surface area (Å²) in [5.74, 6) is -2.05. The predicted molar refractivity (Wildman–Crippen MR) is 418 cm³/mol. The van der Waals surface area contributed by atoms with Crippen molar-refractivity contribution in [1.29, 1.82) is 0 Å². The molecule has 0 aliphatic heterocycles. The predicted octanol–water partition coefficient (Wildman–Crippen LogP) is 24.7. The van der Waals surface area contributed by atoms with Gasteiger partial charge in [-0.2, -0.15) is 0 Å². The standard InChI is InChI=1S/C88H139NO8/c1-6-8-10-12-14-16-18-20-22-24-26-28-30-32-34-36-38-40-41-42-43-44-45-47-48-50-52-54-56-58-60-62-64-66-68-70-72-74-76-78-85(90)95-82-84(83-96-88(87(92)93)94-81-80-89(3,4)5)97-86(91)79-77-75-73-71-69-67-65-63-61-59-57-55-53-51-49-46-39-37-35-33-31-29-27-25-23-21-19-17-15-13-11-9-7-2/h8-11,14-17,20-23,26-29,32-35,38-40,42-43,45-47,51,53,57,59,63,65,84,88H,6-7,12-13,18-19,24-25,30-31,36-37,41,44,48-50,52,54-56,58,60-62,64,66-83H2,1-5H3/p+1/b10-8-,11-9-,16-14-,17-15-,22-20-,23-21-,28-26-,29-27-,34-32-,35-33-,40-38-,43-42-,46-39-,47-45-,53-51-,59-57-,65-63-. The molecule has 2 unspecified atom stereocenters. The summed E-state index contributed by atoms with van der Waals surface area (Å²) in [4.78, 5) is 37.7. The van der Waals surface area contributed by atoms with E-state index in [1.54, 1.807) is 0 Å². The van der Waals surface area contributed by atoms with Gasteiger partial charge < -0.3 is 28.5 Å². The largest absolute Gasteiger partial charge is 0.477 e. The van der Waals surface area contributed by atoms with Gasteiger partial charge in [-0.05, 0) is 148 Å².